The van der Waals surface area contributed by atoms with Crippen LogP contribution in [0.4, 0.5) is 18.0 Å². The Labute approximate surface area is 202 Å². The van der Waals surface area contributed by atoms with E-state index in [1.54, 1.807) is 32.9 Å². The van der Waals surface area contributed by atoms with E-state index >= 15 is 0 Å². The molecule has 1 fully saturated rings. The Balaban J connectivity index is 1.83. The van der Waals surface area contributed by atoms with E-state index in [2.05, 4.69) is 4.72 Å². The van der Waals surface area contributed by atoms with Crippen LogP contribution >= 0.6 is 0 Å². The number of halogens is 3. The zero-order chi connectivity index (χ0) is 26.0. The monoisotopic (exact) mass is 509 g/mol. The Bertz CT molecular complexity index is 1240. The highest BCUT2D eigenvalue weighted by Gasteiger charge is 2.39. The van der Waals surface area contributed by atoms with Gasteiger partial charge in [-0.15, -0.1) is 0 Å². The smallest absolute Gasteiger partial charge is 0.417 e. The maximum atomic E-state index is 13.9. The molecule has 0 bridgehead atoms. The highest BCUT2D eigenvalue weighted by molar-refractivity contribution is 7.89. The molecule has 11 heteroatoms. The van der Waals surface area contributed by atoms with E-state index < -0.39 is 44.4 Å². The summed E-state index contributed by atoms with van der Waals surface area (Å²) in [5.74, 6) is 0. The van der Waals surface area contributed by atoms with Gasteiger partial charge in [0.15, 0.2) is 0 Å². The Morgan fingerprint density at radius 1 is 1.11 bits per heavy atom. The Morgan fingerprint density at radius 3 is 2.31 bits per heavy atom. The Morgan fingerprint density at radius 2 is 1.74 bits per heavy atom. The number of alkyl halides is 3. The molecule has 1 N–H and O–H groups in total. The van der Waals surface area contributed by atoms with Gasteiger partial charge in [-0.05, 0) is 62.9 Å². The number of hydrogen-bond donors (Lipinski definition) is 1. The molecule has 0 radical (unpaired) electrons. The molecule has 1 saturated heterocycles. The molecule has 1 amide bonds. The van der Waals surface area contributed by atoms with Crippen LogP contribution in [0.15, 0.2) is 47.4 Å². The van der Waals surface area contributed by atoms with E-state index in [1.165, 1.54) is 23.1 Å². The lowest BCUT2D eigenvalue weighted by atomic mass is 9.98. The third kappa shape index (κ3) is 6.52. The van der Waals surface area contributed by atoms with Crippen molar-refractivity contribution >= 4 is 16.1 Å². The molecule has 0 spiro atoms. The largest absolute Gasteiger partial charge is 0.444 e. The molecule has 1 aliphatic heterocycles. The number of piperidine rings is 1. The number of sulfonamides is 1. The molecular formula is C24H26F3N3O4S. The van der Waals surface area contributed by atoms with Crippen molar-refractivity contribution < 1.29 is 31.1 Å². The first-order valence-electron chi connectivity index (χ1n) is 10.9. The van der Waals surface area contributed by atoms with Crippen molar-refractivity contribution in [3.8, 4) is 17.2 Å². The maximum Gasteiger partial charge on any atom is 0.417 e. The number of nitriles is 1. The quantitative estimate of drug-likeness (QED) is 0.631. The molecule has 2 aromatic carbocycles. The van der Waals surface area contributed by atoms with Crippen LogP contribution < -0.4 is 4.72 Å². The second-order valence-corrected chi connectivity index (χ2v) is 10.9. The summed E-state index contributed by atoms with van der Waals surface area (Å²) in [5, 5.41) is 9.27. The van der Waals surface area contributed by atoms with Gasteiger partial charge >= 0.3 is 12.3 Å². The molecule has 0 aliphatic carbocycles. The van der Waals surface area contributed by atoms with Crippen LogP contribution in [-0.4, -0.2) is 44.1 Å². The van der Waals surface area contributed by atoms with E-state index in [1.807, 2.05) is 6.07 Å². The fraction of sp³-hybridized carbons (Fsp3) is 0.417. The molecule has 0 unspecified atom stereocenters. The lowest BCUT2D eigenvalue weighted by Crippen LogP contribution is -2.47. The molecule has 0 atom stereocenters. The van der Waals surface area contributed by atoms with Gasteiger partial charge in [0.1, 0.15) is 5.60 Å². The fourth-order valence-electron chi connectivity index (χ4n) is 3.78. The highest BCUT2D eigenvalue weighted by Crippen LogP contribution is 2.37. The van der Waals surface area contributed by atoms with Crippen LogP contribution in [0.3, 0.4) is 0 Å². The fourth-order valence-corrected chi connectivity index (χ4v) is 5.29. The number of ether oxygens (including phenoxy) is 1. The van der Waals surface area contributed by atoms with Crippen molar-refractivity contribution in [2.45, 2.75) is 56.3 Å². The van der Waals surface area contributed by atoms with Gasteiger partial charge in [-0.1, -0.05) is 24.3 Å². The third-order valence-corrected chi connectivity index (χ3v) is 6.98. The van der Waals surface area contributed by atoms with Gasteiger partial charge in [0.25, 0.3) is 0 Å². The van der Waals surface area contributed by atoms with Crippen molar-refractivity contribution in [1.82, 2.24) is 9.62 Å². The van der Waals surface area contributed by atoms with E-state index in [0.717, 1.165) is 12.1 Å². The Hall–Kier alpha value is -3.10. The lowest BCUT2D eigenvalue weighted by molar-refractivity contribution is -0.139. The maximum absolute atomic E-state index is 13.9. The number of benzene rings is 2. The molecule has 0 saturated carbocycles. The van der Waals surface area contributed by atoms with E-state index in [4.69, 9.17) is 4.74 Å². The number of amides is 1. The summed E-state index contributed by atoms with van der Waals surface area (Å²) in [4.78, 5) is 12.7. The van der Waals surface area contributed by atoms with E-state index in [9.17, 15) is 31.6 Å². The first-order chi connectivity index (χ1) is 16.2. The van der Waals surface area contributed by atoms with Crippen molar-refractivity contribution in [1.29, 1.82) is 5.26 Å². The van der Waals surface area contributed by atoms with Crippen LogP contribution in [0.25, 0.3) is 11.1 Å². The summed E-state index contributed by atoms with van der Waals surface area (Å²) < 4.78 is 75.3. The third-order valence-electron chi connectivity index (χ3n) is 5.40. The minimum Gasteiger partial charge on any atom is -0.444 e. The van der Waals surface area contributed by atoms with Crippen molar-refractivity contribution in [3.05, 3.63) is 53.6 Å². The number of carbonyl (C=O) groups is 1. The standard InChI is InChI=1S/C24H26F3N3O4S/c1-23(2,3)34-22(31)30-12-10-18(11-13-30)29-35(32,33)21-9-8-16(14-20(21)24(25,26)27)19-7-5-4-6-17(19)15-28/h4-9,14,18,29H,10-13H2,1-3H3. The summed E-state index contributed by atoms with van der Waals surface area (Å²) in [6.07, 6.45) is -5.01. The zero-order valence-corrected chi connectivity index (χ0v) is 20.3. The number of nitrogens with zero attached hydrogens (tertiary/aromatic N) is 2. The van der Waals surface area contributed by atoms with Crippen molar-refractivity contribution in [3.63, 3.8) is 0 Å². The first-order valence-corrected chi connectivity index (χ1v) is 12.4. The van der Waals surface area contributed by atoms with Gasteiger partial charge in [0.05, 0.1) is 22.1 Å². The SMILES string of the molecule is CC(C)(C)OC(=O)N1CCC(NS(=O)(=O)c2ccc(-c3ccccc3C#N)cc2C(F)(F)F)CC1. The molecule has 1 heterocycles. The average Bonchev–Trinajstić information content (AvgIpc) is 2.77. The summed E-state index contributed by atoms with van der Waals surface area (Å²) >= 11 is 0. The predicted octanol–water partition coefficient (Wildman–Crippen LogP) is 4.92. The molecular weight excluding hydrogens is 483 g/mol. The average molecular weight is 510 g/mol. The van der Waals surface area contributed by atoms with Gasteiger partial charge in [0, 0.05) is 19.1 Å². The van der Waals surface area contributed by atoms with Crippen LogP contribution in [0, 0.1) is 11.3 Å². The number of hydrogen-bond acceptors (Lipinski definition) is 5. The lowest BCUT2D eigenvalue weighted by Gasteiger charge is -2.33. The summed E-state index contributed by atoms with van der Waals surface area (Å²) in [5.41, 5.74) is -1.47. The Kier molecular flexibility index (Phi) is 7.48. The van der Waals surface area contributed by atoms with E-state index in [-0.39, 0.29) is 42.6 Å². The topological polar surface area (TPSA) is 99.5 Å². The summed E-state index contributed by atoms with van der Waals surface area (Å²) in [6, 6.07) is 10.3. The summed E-state index contributed by atoms with van der Waals surface area (Å²) in [6.45, 7) is 5.60. The number of carbonyl (C=O) groups excluding carboxylic acids is 1. The molecule has 0 aromatic heterocycles. The van der Waals surface area contributed by atoms with Crippen molar-refractivity contribution in [2.24, 2.45) is 0 Å². The minimum absolute atomic E-state index is 0.0825. The minimum atomic E-state index is -4.94. The predicted molar refractivity (Wildman–Crippen MR) is 123 cm³/mol. The molecule has 188 valence electrons. The molecule has 2 aromatic rings. The highest BCUT2D eigenvalue weighted by atomic mass is 32.2. The zero-order valence-electron chi connectivity index (χ0n) is 19.5. The summed E-state index contributed by atoms with van der Waals surface area (Å²) in [7, 11) is -4.52. The van der Waals surface area contributed by atoms with Gasteiger partial charge in [-0.2, -0.15) is 18.4 Å². The van der Waals surface area contributed by atoms with Crippen LogP contribution in [0.5, 0.6) is 0 Å². The number of rotatable bonds is 4. The second kappa shape index (κ2) is 9.87. The first kappa shape index (κ1) is 26.5. The molecule has 35 heavy (non-hydrogen) atoms. The number of nitrogens with one attached hydrogen (secondary N) is 1. The molecule has 1 aliphatic rings. The second-order valence-electron chi connectivity index (χ2n) is 9.23. The van der Waals surface area contributed by atoms with E-state index in [0.29, 0.717) is 0 Å². The van der Waals surface area contributed by atoms with Gasteiger partial charge in [-0.25, -0.2) is 17.9 Å². The molecule has 7 nitrogen and oxygen atoms in total. The van der Waals surface area contributed by atoms with Gasteiger partial charge in [0.2, 0.25) is 10.0 Å². The van der Waals surface area contributed by atoms with Crippen LogP contribution in [0.1, 0.15) is 44.7 Å². The number of likely N-dealkylation sites (tertiary alicyclic amines) is 1. The van der Waals surface area contributed by atoms with Crippen LogP contribution in [-0.2, 0) is 20.9 Å². The van der Waals surface area contributed by atoms with Crippen molar-refractivity contribution in [2.75, 3.05) is 13.1 Å². The molecule has 3 rings (SSSR count). The van der Waals surface area contributed by atoms with Crippen LogP contribution in [0.2, 0.25) is 0 Å². The van der Waals surface area contributed by atoms with Gasteiger partial charge < -0.3 is 9.64 Å². The van der Waals surface area contributed by atoms with Gasteiger partial charge in [-0.3, -0.25) is 0 Å². The normalized spacial score (nSPS) is 15.5.